The van der Waals surface area contributed by atoms with Crippen LogP contribution in [0.15, 0.2) is 29.2 Å². The molecule has 0 spiro atoms. The monoisotopic (exact) mass is 312 g/mol. The molecule has 0 saturated heterocycles. The first kappa shape index (κ1) is 16.3. The van der Waals surface area contributed by atoms with Crippen LogP contribution < -0.4 is 5.32 Å². The van der Waals surface area contributed by atoms with Crippen molar-refractivity contribution >= 4 is 15.7 Å². The highest BCUT2D eigenvalue weighted by Crippen LogP contribution is 2.25. The summed E-state index contributed by atoms with van der Waals surface area (Å²) in [6, 6.07) is 6.81. The first-order chi connectivity index (χ1) is 9.89. The number of nitrogens with one attached hydrogen (secondary N) is 1. The van der Waals surface area contributed by atoms with Crippen molar-refractivity contribution in [1.82, 2.24) is 4.31 Å². The van der Waals surface area contributed by atoms with E-state index in [-0.39, 0.29) is 6.10 Å². The van der Waals surface area contributed by atoms with Crippen LogP contribution in [0.3, 0.4) is 0 Å². The Morgan fingerprint density at radius 3 is 2.48 bits per heavy atom. The summed E-state index contributed by atoms with van der Waals surface area (Å²) in [6.45, 7) is 0.816. The zero-order valence-corrected chi connectivity index (χ0v) is 13.4. The molecule has 118 valence electrons. The molecule has 1 saturated carbocycles. The van der Waals surface area contributed by atoms with E-state index >= 15 is 0 Å². The molecule has 1 aliphatic carbocycles. The van der Waals surface area contributed by atoms with Crippen LogP contribution in [0.1, 0.15) is 25.7 Å². The second-order valence-electron chi connectivity index (χ2n) is 5.88. The van der Waals surface area contributed by atoms with Crippen molar-refractivity contribution in [2.45, 2.75) is 36.7 Å². The van der Waals surface area contributed by atoms with Crippen LogP contribution in [0.5, 0.6) is 0 Å². The number of hydrogen-bond acceptors (Lipinski definition) is 4. The Bertz CT molecular complexity index is 555. The van der Waals surface area contributed by atoms with E-state index in [9.17, 15) is 13.5 Å². The first-order valence-electron chi connectivity index (χ1n) is 7.34. The average Bonchev–Trinajstić information content (AvgIpc) is 2.45. The maximum absolute atomic E-state index is 12.0. The maximum Gasteiger partial charge on any atom is 0.242 e. The van der Waals surface area contributed by atoms with Crippen LogP contribution in [0, 0.1) is 5.92 Å². The van der Waals surface area contributed by atoms with Crippen LogP contribution in [-0.4, -0.2) is 44.6 Å². The standard InChI is InChI=1S/C15H24N2O3S/c1-17(2)21(19,20)15-8-6-13(7-9-15)16-11-12-4-3-5-14(18)10-12/h6-9,12,14,16,18H,3-5,10-11H2,1-2H3. The van der Waals surface area contributed by atoms with Gasteiger partial charge in [-0.3, -0.25) is 0 Å². The van der Waals surface area contributed by atoms with Crippen LogP contribution in [0.4, 0.5) is 5.69 Å². The minimum absolute atomic E-state index is 0.168. The van der Waals surface area contributed by atoms with Crippen LogP contribution in [0.2, 0.25) is 0 Å². The molecule has 2 atom stereocenters. The molecule has 1 aliphatic rings. The van der Waals surface area contributed by atoms with Gasteiger partial charge in [-0.1, -0.05) is 6.42 Å². The third-order valence-electron chi connectivity index (χ3n) is 3.98. The van der Waals surface area contributed by atoms with Gasteiger partial charge in [0.25, 0.3) is 0 Å². The van der Waals surface area contributed by atoms with E-state index in [4.69, 9.17) is 0 Å². The molecule has 21 heavy (non-hydrogen) atoms. The molecule has 2 N–H and O–H groups in total. The van der Waals surface area contributed by atoms with Gasteiger partial charge >= 0.3 is 0 Å². The third-order valence-corrected chi connectivity index (χ3v) is 5.81. The number of nitrogens with zero attached hydrogens (tertiary/aromatic N) is 1. The van der Waals surface area contributed by atoms with Crippen molar-refractivity contribution in [3.8, 4) is 0 Å². The maximum atomic E-state index is 12.0. The van der Waals surface area contributed by atoms with Gasteiger partial charge in [0.1, 0.15) is 0 Å². The van der Waals surface area contributed by atoms with E-state index in [2.05, 4.69) is 5.32 Å². The predicted molar refractivity (Wildman–Crippen MR) is 83.8 cm³/mol. The highest BCUT2D eigenvalue weighted by atomic mass is 32.2. The molecule has 0 bridgehead atoms. The van der Waals surface area contributed by atoms with E-state index in [0.29, 0.717) is 10.8 Å². The molecule has 1 aromatic carbocycles. The highest BCUT2D eigenvalue weighted by molar-refractivity contribution is 7.89. The first-order valence-corrected chi connectivity index (χ1v) is 8.78. The van der Waals surface area contributed by atoms with E-state index < -0.39 is 10.0 Å². The van der Waals surface area contributed by atoms with E-state index in [1.54, 1.807) is 24.3 Å². The summed E-state index contributed by atoms with van der Waals surface area (Å²) in [5.41, 5.74) is 0.910. The van der Waals surface area contributed by atoms with Crippen molar-refractivity contribution in [2.75, 3.05) is 26.0 Å². The van der Waals surface area contributed by atoms with Crippen molar-refractivity contribution < 1.29 is 13.5 Å². The Balaban J connectivity index is 1.94. The molecule has 1 fully saturated rings. The molecule has 0 amide bonds. The highest BCUT2D eigenvalue weighted by Gasteiger charge is 2.20. The van der Waals surface area contributed by atoms with Crippen LogP contribution in [0.25, 0.3) is 0 Å². The number of sulfonamides is 1. The van der Waals surface area contributed by atoms with Crippen molar-refractivity contribution in [3.63, 3.8) is 0 Å². The van der Waals surface area contributed by atoms with Gasteiger partial charge in [-0.05, 0) is 49.4 Å². The molecular formula is C15H24N2O3S. The second-order valence-corrected chi connectivity index (χ2v) is 8.03. The van der Waals surface area contributed by atoms with Crippen LogP contribution in [-0.2, 0) is 10.0 Å². The normalized spacial score (nSPS) is 23.2. The average molecular weight is 312 g/mol. The fraction of sp³-hybridized carbons (Fsp3) is 0.600. The summed E-state index contributed by atoms with van der Waals surface area (Å²) in [6.07, 6.45) is 3.80. The largest absolute Gasteiger partial charge is 0.393 e. The Morgan fingerprint density at radius 2 is 1.90 bits per heavy atom. The van der Waals surface area contributed by atoms with Crippen molar-refractivity contribution in [3.05, 3.63) is 24.3 Å². The van der Waals surface area contributed by atoms with Gasteiger partial charge in [0.15, 0.2) is 0 Å². The van der Waals surface area contributed by atoms with Gasteiger partial charge < -0.3 is 10.4 Å². The molecule has 0 radical (unpaired) electrons. The minimum Gasteiger partial charge on any atom is -0.393 e. The zero-order chi connectivity index (χ0) is 15.5. The second kappa shape index (κ2) is 6.77. The SMILES string of the molecule is CN(C)S(=O)(=O)c1ccc(NCC2CCCC(O)C2)cc1. The topological polar surface area (TPSA) is 69.6 Å². The van der Waals surface area contributed by atoms with E-state index in [1.807, 2.05) is 0 Å². The van der Waals surface area contributed by atoms with Gasteiger partial charge in [0.05, 0.1) is 11.0 Å². The summed E-state index contributed by atoms with van der Waals surface area (Å²) in [4.78, 5) is 0.297. The number of rotatable bonds is 5. The molecule has 2 rings (SSSR count). The van der Waals surface area contributed by atoms with Crippen LogP contribution >= 0.6 is 0 Å². The number of hydrogen-bond donors (Lipinski definition) is 2. The molecule has 5 nitrogen and oxygen atoms in total. The molecule has 6 heteroatoms. The number of anilines is 1. The summed E-state index contributed by atoms with van der Waals surface area (Å²) >= 11 is 0. The smallest absolute Gasteiger partial charge is 0.242 e. The van der Waals surface area contributed by atoms with Crippen molar-refractivity contribution in [1.29, 1.82) is 0 Å². The fourth-order valence-electron chi connectivity index (χ4n) is 2.67. The Hall–Kier alpha value is -1.11. The molecule has 0 aromatic heterocycles. The summed E-state index contributed by atoms with van der Waals surface area (Å²) in [5, 5.41) is 13.0. The number of aliphatic hydroxyl groups excluding tert-OH is 1. The molecular weight excluding hydrogens is 288 g/mol. The number of benzene rings is 1. The lowest BCUT2D eigenvalue weighted by Gasteiger charge is -2.26. The van der Waals surface area contributed by atoms with Gasteiger partial charge in [-0.15, -0.1) is 0 Å². The molecule has 2 unspecified atom stereocenters. The lowest BCUT2D eigenvalue weighted by atomic mass is 9.87. The van der Waals surface area contributed by atoms with E-state index in [0.717, 1.165) is 37.9 Å². The zero-order valence-electron chi connectivity index (χ0n) is 12.6. The van der Waals surface area contributed by atoms with E-state index in [1.165, 1.54) is 18.4 Å². The minimum atomic E-state index is -3.36. The van der Waals surface area contributed by atoms with Gasteiger partial charge in [-0.2, -0.15) is 0 Å². The summed E-state index contributed by atoms with van der Waals surface area (Å²) in [7, 11) is -0.316. The Kier molecular flexibility index (Phi) is 5.24. The lowest BCUT2D eigenvalue weighted by molar-refractivity contribution is 0.105. The predicted octanol–water partition coefficient (Wildman–Crippen LogP) is 1.90. The summed E-state index contributed by atoms with van der Waals surface area (Å²) in [5.74, 6) is 0.485. The molecule has 0 aliphatic heterocycles. The quantitative estimate of drug-likeness (QED) is 0.871. The van der Waals surface area contributed by atoms with Gasteiger partial charge in [-0.25, -0.2) is 12.7 Å². The molecule has 0 heterocycles. The Labute approximate surface area is 127 Å². The lowest BCUT2D eigenvalue weighted by Crippen LogP contribution is -2.25. The third kappa shape index (κ3) is 4.18. The van der Waals surface area contributed by atoms with Gasteiger partial charge in [0.2, 0.25) is 10.0 Å². The number of aliphatic hydroxyl groups is 1. The fourth-order valence-corrected chi connectivity index (χ4v) is 3.57. The summed E-state index contributed by atoms with van der Waals surface area (Å²) < 4.78 is 25.1. The Morgan fingerprint density at radius 1 is 1.24 bits per heavy atom. The van der Waals surface area contributed by atoms with Gasteiger partial charge in [0, 0.05) is 26.3 Å². The van der Waals surface area contributed by atoms with Crippen molar-refractivity contribution in [2.24, 2.45) is 5.92 Å². The molecule has 1 aromatic rings.